The number of anilines is 1. The van der Waals surface area contributed by atoms with Crippen molar-refractivity contribution in [3.8, 4) is 22.8 Å². The summed E-state index contributed by atoms with van der Waals surface area (Å²) < 4.78 is 53.6. The second kappa shape index (κ2) is 9.24. The van der Waals surface area contributed by atoms with Gasteiger partial charge in [0.1, 0.15) is 28.7 Å². The van der Waals surface area contributed by atoms with Crippen LogP contribution in [0.25, 0.3) is 22.3 Å². The molecule has 5 aromatic rings. The molecule has 198 valence electrons. The normalized spacial score (nSPS) is 13.1. The third-order valence-electron chi connectivity index (χ3n) is 6.50. The molecule has 0 saturated heterocycles. The van der Waals surface area contributed by atoms with Gasteiger partial charge in [-0.25, -0.2) is 17.5 Å². The number of ether oxygens (including phenoxy) is 1. The maximum absolute atomic E-state index is 13.2. The van der Waals surface area contributed by atoms with Gasteiger partial charge in [0.2, 0.25) is 10.0 Å². The van der Waals surface area contributed by atoms with Crippen LogP contribution in [-0.4, -0.2) is 42.6 Å². The number of halogens is 1. The average molecular weight is 548 g/mol. The maximum Gasteiger partial charge on any atom is 0.255 e. The van der Waals surface area contributed by atoms with Gasteiger partial charge in [-0.2, -0.15) is 0 Å². The minimum Gasteiger partial charge on any atom is -0.457 e. The van der Waals surface area contributed by atoms with Crippen LogP contribution in [0.1, 0.15) is 21.6 Å². The molecule has 6 rings (SSSR count). The number of sulfonamides is 1. The lowest BCUT2D eigenvalue weighted by molar-refractivity contribution is 0.0964. The summed E-state index contributed by atoms with van der Waals surface area (Å²) >= 11 is 0. The highest BCUT2D eigenvalue weighted by atomic mass is 32.2. The highest BCUT2D eigenvalue weighted by molar-refractivity contribution is 7.92. The van der Waals surface area contributed by atoms with Crippen LogP contribution in [-0.2, 0) is 23.1 Å². The van der Waals surface area contributed by atoms with Crippen molar-refractivity contribution in [1.82, 2.24) is 20.3 Å². The molecule has 0 atom stereocenters. The van der Waals surface area contributed by atoms with Crippen molar-refractivity contribution in [3.05, 3.63) is 89.5 Å². The van der Waals surface area contributed by atoms with Crippen molar-refractivity contribution in [2.75, 3.05) is 17.6 Å². The molecule has 3 aromatic carbocycles. The van der Waals surface area contributed by atoms with E-state index >= 15 is 0 Å². The Morgan fingerprint density at radius 2 is 1.74 bits per heavy atom. The Morgan fingerprint density at radius 1 is 1.05 bits per heavy atom. The van der Waals surface area contributed by atoms with Gasteiger partial charge in [0, 0.05) is 24.1 Å². The molecular formula is C27H22FN5O5S. The number of carbonyl (C=O) groups excluding carboxylic acids is 1. The molecule has 1 amide bonds. The van der Waals surface area contributed by atoms with Crippen molar-refractivity contribution < 1.29 is 26.8 Å². The van der Waals surface area contributed by atoms with Crippen molar-refractivity contribution in [3.63, 3.8) is 0 Å². The number of aromatic nitrogens is 3. The molecule has 2 aromatic heterocycles. The second-order valence-corrected chi connectivity index (χ2v) is 11.0. The Morgan fingerprint density at radius 3 is 2.41 bits per heavy atom. The summed E-state index contributed by atoms with van der Waals surface area (Å²) in [5, 5.41) is 11.2. The maximum atomic E-state index is 13.2. The number of fused-ring (bicyclic) bond motifs is 3. The van der Waals surface area contributed by atoms with Gasteiger partial charge in [-0.05, 0) is 60.2 Å². The first-order valence-electron chi connectivity index (χ1n) is 11.9. The van der Waals surface area contributed by atoms with Gasteiger partial charge >= 0.3 is 0 Å². The second-order valence-electron chi connectivity index (χ2n) is 9.10. The van der Waals surface area contributed by atoms with Crippen LogP contribution in [0, 0.1) is 5.82 Å². The van der Waals surface area contributed by atoms with Gasteiger partial charge in [0.15, 0.2) is 0 Å². The average Bonchev–Trinajstić information content (AvgIpc) is 3.47. The van der Waals surface area contributed by atoms with E-state index in [4.69, 9.17) is 9.15 Å². The number of benzene rings is 3. The zero-order valence-corrected chi connectivity index (χ0v) is 21.7. The number of furan rings is 1. The standard InChI is InChI=1S/C27H22FN5O5S/c1-29-27(34)25-22-11-17-14-32-19(13-30-31-32)15-33(39(2,35)36)23(17)12-24(22)38-26(25)16-3-7-20(8-4-16)37-21-9-5-18(28)6-10-21/h3-13H,14-15H2,1-2H3,(H,29,34). The molecule has 0 fully saturated rings. The fraction of sp³-hybridized carbons (Fsp3) is 0.148. The molecule has 10 nitrogen and oxygen atoms in total. The zero-order chi connectivity index (χ0) is 27.3. The molecule has 0 radical (unpaired) electrons. The summed E-state index contributed by atoms with van der Waals surface area (Å²) in [6.45, 7) is 0.339. The lowest BCUT2D eigenvalue weighted by atomic mass is 10.0. The first kappa shape index (κ1) is 24.6. The summed E-state index contributed by atoms with van der Waals surface area (Å²) in [5.74, 6) is 0.604. The summed E-state index contributed by atoms with van der Waals surface area (Å²) in [5.41, 5.74) is 3.03. The minimum atomic E-state index is -3.65. The van der Waals surface area contributed by atoms with Gasteiger partial charge < -0.3 is 14.5 Å². The Labute approximate surface area is 222 Å². The predicted molar refractivity (Wildman–Crippen MR) is 142 cm³/mol. The van der Waals surface area contributed by atoms with E-state index in [1.807, 2.05) is 0 Å². The van der Waals surface area contributed by atoms with E-state index < -0.39 is 10.0 Å². The highest BCUT2D eigenvalue weighted by Gasteiger charge is 2.30. The summed E-state index contributed by atoms with van der Waals surface area (Å²) in [6, 6.07) is 16.0. The first-order chi connectivity index (χ1) is 18.7. The SMILES string of the molecule is CNC(=O)c1c(-c2ccc(Oc3ccc(F)cc3)cc2)oc2cc3c(cc12)Cn1nncc1CN3S(C)(=O)=O. The molecule has 0 aliphatic carbocycles. The third kappa shape index (κ3) is 4.48. The fourth-order valence-corrected chi connectivity index (χ4v) is 5.52. The van der Waals surface area contributed by atoms with Crippen molar-refractivity contribution in [1.29, 1.82) is 0 Å². The van der Waals surface area contributed by atoms with Crippen LogP contribution in [0.4, 0.5) is 10.1 Å². The molecule has 1 aliphatic rings. The molecule has 0 saturated carbocycles. The van der Waals surface area contributed by atoms with Crippen molar-refractivity contribution in [2.24, 2.45) is 0 Å². The quantitative estimate of drug-likeness (QED) is 0.348. The van der Waals surface area contributed by atoms with Crippen LogP contribution in [0.5, 0.6) is 11.5 Å². The lowest BCUT2D eigenvalue weighted by Gasteiger charge is -2.21. The van der Waals surface area contributed by atoms with E-state index in [9.17, 15) is 17.6 Å². The van der Waals surface area contributed by atoms with E-state index in [1.165, 1.54) is 41.8 Å². The largest absolute Gasteiger partial charge is 0.457 e. The minimum absolute atomic E-state index is 0.0652. The molecular weight excluding hydrogens is 525 g/mol. The van der Waals surface area contributed by atoms with E-state index in [-0.39, 0.29) is 24.8 Å². The Kier molecular flexibility index (Phi) is 5.83. The van der Waals surface area contributed by atoms with Crippen LogP contribution in [0.3, 0.4) is 0 Å². The van der Waals surface area contributed by atoms with E-state index in [2.05, 4.69) is 15.6 Å². The number of nitrogens with one attached hydrogen (secondary N) is 1. The van der Waals surface area contributed by atoms with Gasteiger partial charge in [-0.3, -0.25) is 9.10 Å². The van der Waals surface area contributed by atoms with Crippen molar-refractivity contribution in [2.45, 2.75) is 13.1 Å². The van der Waals surface area contributed by atoms with Crippen LogP contribution in [0.2, 0.25) is 0 Å². The number of amides is 1. The molecule has 1 N–H and O–H groups in total. The lowest BCUT2D eigenvalue weighted by Crippen LogP contribution is -2.29. The van der Waals surface area contributed by atoms with E-state index in [0.29, 0.717) is 56.3 Å². The van der Waals surface area contributed by atoms with Gasteiger partial charge in [0.05, 0.1) is 42.5 Å². The molecule has 39 heavy (non-hydrogen) atoms. The molecule has 3 heterocycles. The topological polar surface area (TPSA) is 120 Å². The van der Waals surface area contributed by atoms with Crippen molar-refractivity contribution >= 4 is 32.6 Å². The van der Waals surface area contributed by atoms with Crippen LogP contribution in [0.15, 0.2) is 71.3 Å². The summed E-state index contributed by atoms with van der Waals surface area (Å²) in [7, 11) is -2.12. The Balaban J connectivity index is 1.46. The Bertz CT molecular complexity index is 1830. The summed E-state index contributed by atoms with van der Waals surface area (Å²) in [6.07, 6.45) is 2.67. The van der Waals surface area contributed by atoms with Gasteiger partial charge in [-0.15, -0.1) is 5.10 Å². The highest BCUT2D eigenvalue weighted by Crippen LogP contribution is 2.40. The summed E-state index contributed by atoms with van der Waals surface area (Å²) in [4.78, 5) is 13.1. The molecule has 0 spiro atoms. The van der Waals surface area contributed by atoms with Crippen LogP contribution < -0.4 is 14.4 Å². The number of hydrogen-bond acceptors (Lipinski definition) is 7. The van der Waals surface area contributed by atoms with E-state index in [0.717, 1.165) is 6.26 Å². The fourth-order valence-electron chi connectivity index (χ4n) is 4.63. The number of nitrogens with zero attached hydrogens (tertiary/aromatic N) is 4. The molecule has 1 aliphatic heterocycles. The number of carbonyl (C=O) groups is 1. The monoisotopic (exact) mass is 547 g/mol. The van der Waals surface area contributed by atoms with Crippen LogP contribution >= 0.6 is 0 Å². The predicted octanol–water partition coefficient (Wildman–Crippen LogP) is 4.31. The third-order valence-corrected chi connectivity index (χ3v) is 7.63. The first-order valence-corrected chi connectivity index (χ1v) is 13.8. The molecule has 12 heteroatoms. The number of hydrogen-bond donors (Lipinski definition) is 1. The van der Waals surface area contributed by atoms with Gasteiger partial charge in [0.25, 0.3) is 5.91 Å². The molecule has 0 bridgehead atoms. The smallest absolute Gasteiger partial charge is 0.255 e. The zero-order valence-electron chi connectivity index (χ0n) is 20.9. The van der Waals surface area contributed by atoms with Gasteiger partial charge in [-0.1, -0.05) is 5.21 Å². The van der Waals surface area contributed by atoms with E-state index in [1.54, 1.807) is 41.1 Å². The number of rotatable bonds is 5. The molecule has 0 unspecified atom stereocenters. The Hall–Kier alpha value is -4.71.